The van der Waals surface area contributed by atoms with E-state index in [-0.39, 0.29) is 18.2 Å². The van der Waals surface area contributed by atoms with Crippen LogP contribution in [0.25, 0.3) is 0 Å². The van der Waals surface area contributed by atoms with Crippen LogP contribution in [-0.2, 0) is 11.3 Å². The average Bonchev–Trinajstić information content (AvgIpc) is 2.81. The summed E-state index contributed by atoms with van der Waals surface area (Å²) in [5.74, 6) is -0.148. The van der Waals surface area contributed by atoms with E-state index in [2.05, 4.69) is 15.6 Å². The number of unbranched alkanes of at least 4 members (excludes halogenated alkanes) is 1. The average molecular weight is 273 g/mol. The molecule has 0 bridgehead atoms. The Morgan fingerprint density at radius 2 is 2.17 bits per heavy atom. The Bertz CT molecular complexity index is 367. The van der Waals surface area contributed by atoms with Gasteiger partial charge >= 0.3 is 6.03 Å². The molecule has 0 unspecified atom stereocenters. The van der Waals surface area contributed by atoms with Crippen molar-refractivity contribution in [3.63, 3.8) is 0 Å². The Balaban J connectivity index is 2.00. The highest BCUT2D eigenvalue weighted by Gasteiger charge is 2.05. The summed E-state index contributed by atoms with van der Waals surface area (Å²) in [5, 5.41) is 4.81. The zero-order valence-electron chi connectivity index (χ0n) is 10.1. The van der Waals surface area contributed by atoms with Gasteiger partial charge in [-0.3, -0.25) is 10.1 Å². The Morgan fingerprint density at radius 3 is 2.83 bits per heavy atom. The Kier molecular flexibility index (Phi) is 6.86. The van der Waals surface area contributed by atoms with Crippen molar-refractivity contribution in [3.8, 4) is 0 Å². The normalized spacial score (nSPS) is 10.1. The van der Waals surface area contributed by atoms with Gasteiger partial charge in [-0.05, 0) is 12.8 Å². The highest BCUT2D eigenvalue weighted by atomic mass is 35.5. The molecule has 0 fully saturated rings. The fraction of sp³-hybridized carbons (Fsp3) is 0.545. The van der Waals surface area contributed by atoms with Crippen molar-refractivity contribution >= 4 is 23.5 Å². The molecule has 18 heavy (non-hydrogen) atoms. The molecule has 7 heteroatoms. The number of amides is 3. The number of urea groups is 1. The summed E-state index contributed by atoms with van der Waals surface area (Å²) in [6.07, 6.45) is 7.31. The first kappa shape index (κ1) is 14.5. The predicted molar refractivity (Wildman–Crippen MR) is 68.3 cm³/mol. The van der Waals surface area contributed by atoms with E-state index in [1.165, 1.54) is 0 Å². The third kappa shape index (κ3) is 6.24. The number of aryl methyl sites for hydroxylation is 1. The van der Waals surface area contributed by atoms with E-state index in [4.69, 9.17) is 11.6 Å². The van der Waals surface area contributed by atoms with Crippen molar-refractivity contribution in [2.75, 3.05) is 12.4 Å². The van der Waals surface area contributed by atoms with E-state index in [1.54, 1.807) is 12.5 Å². The van der Waals surface area contributed by atoms with Crippen molar-refractivity contribution in [3.05, 3.63) is 18.7 Å². The molecule has 3 amide bonds. The van der Waals surface area contributed by atoms with Crippen molar-refractivity contribution in [1.29, 1.82) is 0 Å². The van der Waals surface area contributed by atoms with Gasteiger partial charge in [-0.15, -0.1) is 11.6 Å². The molecule has 1 rings (SSSR count). The lowest BCUT2D eigenvalue weighted by Gasteiger charge is -2.06. The van der Waals surface area contributed by atoms with Gasteiger partial charge in [-0.1, -0.05) is 0 Å². The summed E-state index contributed by atoms with van der Waals surface area (Å²) < 4.78 is 1.98. The lowest BCUT2D eigenvalue weighted by atomic mass is 10.3. The molecule has 0 radical (unpaired) electrons. The third-order valence-corrected chi connectivity index (χ3v) is 2.45. The topological polar surface area (TPSA) is 76.0 Å². The van der Waals surface area contributed by atoms with Gasteiger partial charge in [0.2, 0.25) is 5.91 Å². The SMILES string of the molecule is O=C(CCCl)NC(=O)NCCCCn1ccnc1. The number of alkyl halides is 1. The van der Waals surface area contributed by atoms with E-state index >= 15 is 0 Å². The molecule has 0 spiro atoms. The van der Waals surface area contributed by atoms with Gasteiger partial charge in [0.25, 0.3) is 0 Å². The standard InChI is InChI=1S/C11H17ClN4O2/c12-4-3-10(17)15-11(18)14-5-1-2-7-16-8-6-13-9-16/h6,8-9H,1-5,7H2,(H2,14,15,17,18). The second-order valence-electron chi connectivity index (χ2n) is 3.75. The number of carbonyl (C=O) groups excluding carboxylic acids is 2. The molecule has 100 valence electrons. The van der Waals surface area contributed by atoms with Gasteiger partial charge in [0.05, 0.1) is 6.33 Å². The Morgan fingerprint density at radius 1 is 1.33 bits per heavy atom. The minimum Gasteiger partial charge on any atom is -0.338 e. The molecule has 2 N–H and O–H groups in total. The van der Waals surface area contributed by atoms with Gasteiger partial charge in [-0.25, -0.2) is 9.78 Å². The lowest BCUT2D eigenvalue weighted by molar-refractivity contribution is -0.119. The fourth-order valence-electron chi connectivity index (χ4n) is 1.36. The van der Waals surface area contributed by atoms with Crippen LogP contribution >= 0.6 is 11.6 Å². The third-order valence-electron chi connectivity index (χ3n) is 2.26. The molecule has 6 nitrogen and oxygen atoms in total. The lowest BCUT2D eigenvalue weighted by Crippen LogP contribution is -2.39. The van der Waals surface area contributed by atoms with Crippen LogP contribution < -0.4 is 10.6 Å². The quantitative estimate of drug-likeness (QED) is 0.577. The van der Waals surface area contributed by atoms with Gasteiger partial charge in [0.1, 0.15) is 0 Å². The number of halogens is 1. The van der Waals surface area contributed by atoms with Gasteiger partial charge in [0, 0.05) is 37.8 Å². The molecule has 1 aromatic heterocycles. The van der Waals surface area contributed by atoms with Crippen molar-refractivity contribution in [2.24, 2.45) is 0 Å². The second-order valence-corrected chi connectivity index (χ2v) is 4.13. The first-order valence-electron chi connectivity index (χ1n) is 5.81. The van der Waals surface area contributed by atoms with Crippen molar-refractivity contribution < 1.29 is 9.59 Å². The minimum atomic E-state index is -0.465. The van der Waals surface area contributed by atoms with Crippen LogP contribution in [0.5, 0.6) is 0 Å². The van der Waals surface area contributed by atoms with Gasteiger partial charge in [0.15, 0.2) is 0 Å². The second kappa shape index (κ2) is 8.52. The summed E-state index contributed by atoms with van der Waals surface area (Å²) in [6, 6.07) is -0.465. The van der Waals surface area contributed by atoms with Crippen LogP contribution in [0.15, 0.2) is 18.7 Å². The number of imidazole rings is 1. The Labute approximate surface area is 111 Å². The Hall–Kier alpha value is -1.56. The van der Waals surface area contributed by atoms with Crippen LogP contribution in [0.1, 0.15) is 19.3 Å². The van der Waals surface area contributed by atoms with Crippen molar-refractivity contribution in [1.82, 2.24) is 20.2 Å². The molecule has 0 atom stereocenters. The van der Waals surface area contributed by atoms with E-state index < -0.39 is 6.03 Å². The van der Waals surface area contributed by atoms with Gasteiger partial charge in [-0.2, -0.15) is 0 Å². The maximum absolute atomic E-state index is 11.2. The molecule has 0 aliphatic heterocycles. The summed E-state index contributed by atoms with van der Waals surface area (Å²) in [4.78, 5) is 26.2. The molecule has 1 heterocycles. The highest BCUT2D eigenvalue weighted by Crippen LogP contribution is 1.93. The summed E-state index contributed by atoms with van der Waals surface area (Å²) in [5.41, 5.74) is 0. The van der Waals surface area contributed by atoms with Crippen LogP contribution in [0.2, 0.25) is 0 Å². The smallest absolute Gasteiger partial charge is 0.321 e. The molecule has 0 saturated heterocycles. The predicted octanol–water partition coefficient (Wildman–Crippen LogP) is 1.12. The summed E-state index contributed by atoms with van der Waals surface area (Å²) in [6.45, 7) is 1.41. The van der Waals surface area contributed by atoms with E-state index in [0.29, 0.717) is 6.54 Å². The van der Waals surface area contributed by atoms with Crippen LogP contribution in [0.4, 0.5) is 4.79 Å². The van der Waals surface area contributed by atoms with E-state index in [9.17, 15) is 9.59 Å². The van der Waals surface area contributed by atoms with Gasteiger partial charge < -0.3 is 9.88 Å². The number of carbonyl (C=O) groups is 2. The molecule has 0 saturated carbocycles. The molecule has 1 aromatic rings. The monoisotopic (exact) mass is 272 g/mol. The molecular weight excluding hydrogens is 256 g/mol. The zero-order chi connectivity index (χ0) is 13.2. The number of aromatic nitrogens is 2. The molecule has 0 aromatic carbocycles. The minimum absolute atomic E-state index is 0.148. The maximum Gasteiger partial charge on any atom is 0.321 e. The number of imide groups is 1. The highest BCUT2D eigenvalue weighted by molar-refractivity contribution is 6.19. The zero-order valence-corrected chi connectivity index (χ0v) is 10.8. The van der Waals surface area contributed by atoms with Crippen LogP contribution in [0, 0.1) is 0 Å². The fourth-order valence-corrected chi connectivity index (χ4v) is 1.53. The maximum atomic E-state index is 11.2. The number of rotatable bonds is 7. The summed E-state index contributed by atoms with van der Waals surface area (Å²) in [7, 11) is 0. The number of hydrogen-bond acceptors (Lipinski definition) is 3. The first-order chi connectivity index (χ1) is 8.72. The van der Waals surface area contributed by atoms with E-state index in [1.807, 2.05) is 10.8 Å². The molecule has 0 aliphatic carbocycles. The number of nitrogens with zero attached hydrogens (tertiary/aromatic N) is 2. The molecular formula is C11H17ClN4O2. The van der Waals surface area contributed by atoms with E-state index in [0.717, 1.165) is 19.4 Å². The first-order valence-corrected chi connectivity index (χ1v) is 6.35. The number of nitrogens with one attached hydrogen (secondary N) is 2. The van der Waals surface area contributed by atoms with Crippen molar-refractivity contribution in [2.45, 2.75) is 25.8 Å². The summed E-state index contributed by atoms with van der Waals surface area (Å²) >= 11 is 5.37. The van der Waals surface area contributed by atoms with Crippen LogP contribution in [0.3, 0.4) is 0 Å². The van der Waals surface area contributed by atoms with Crippen LogP contribution in [-0.4, -0.2) is 33.9 Å². The molecule has 0 aliphatic rings. The number of hydrogen-bond donors (Lipinski definition) is 2. The largest absolute Gasteiger partial charge is 0.338 e.